The van der Waals surface area contributed by atoms with Crippen LogP contribution in [0, 0.1) is 38.0 Å². The summed E-state index contributed by atoms with van der Waals surface area (Å²) in [7, 11) is 0. The number of aryl methyl sites for hydroxylation is 2. The number of carbonyl (C=O) groups is 3. The summed E-state index contributed by atoms with van der Waals surface area (Å²) in [5.74, 6) is -0.0264. The van der Waals surface area contributed by atoms with Crippen molar-refractivity contribution in [3.63, 3.8) is 0 Å². The van der Waals surface area contributed by atoms with Gasteiger partial charge in [0.05, 0.1) is 22.4 Å². The van der Waals surface area contributed by atoms with Gasteiger partial charge in [-0.1, -0.05) is 30.3 Å². The molecule has 2 saturated heterocycles. The summed E-state index contributed by atoms with van der Waals surface area (Å²) in [4.78, 5) is 45.4. The number of para-hydroxylation sites is 1. The average Bonchev–Trinajstić information content (AvgIpc) is 3.28. The van der Waals surface area contributed by atoms with Gasteiger partial charge in [-0.15, -0.1) is 0 Å². The highest BCUT2D eigenvalue weighted by atomic mass is 16.2. The molecule has 2 fully saturated rings. The van der Waals surface area contributed by atoms with Gasteiger partial charge in [0.25, 0.3) is 17.7 Å². The number of nitrogens with zero attached hydrogens (tertiary/aromatic N) is 4. The van der Waals surface area contributed by atoms with Crippen LogP contribution in [0.3, 0.4) is 0 Å². The summed E-state index contributed by atoms with van der Waals surface area (Å²) in [6.07, 6.45) is 3.00. The maximum Gasteiger partial charge on any atom is 0.261 e. The third-order valence-electron chi connectivity index (χ3n) is 9.64. The quantitative estimate of drug-likeness (QED) is 0.421. The summed E-state index contributed by atoms with van der Waals surface area (Å²) in [6, 6.07) is 19.0. The molecule has 0 aliphatic carbocycles. The van der Waals surface area contributed by atoms with Crippen LogP contribution in [0.4, 0.5) is 5.69 Å². The molecular weight excluding hydrogens is 550 g/mol. The summed E-state index contributed by atoms with van der Waals surface area (Å²) in [5, 5.41) is 13.0. The van der Waals surface area contributed by atoms with Crippen molar-refractivity contribution >= 4 is 23.4 Å². The fraction of sp³-hybridized carbons (Fsp3) is 0.389. The van der Waals surface area contributed by atoms with Gasteiger partial charge in [0.15, 0.2) is 0 Å². The van der Waals surface area contributed by atoms with Crippen LogP contribution in [-0.2, 0) is 6.42 Å². The van der Waals surface area contributed by atoms with E-state index in [1.165, 1.54) is 16.0 Å². The van der Waals surface area contributed by atoms with Crippen LogP contribution in [0.2, 0.25) is 0 Å². The number of amides is 3. The van der Waals surface area contributed by atoms with Crippen molar-refractivity contribution in [1.82, 2.24) is 15.1 Å². The third-order valence-corrected chi connectivity index (χ3v) is 9.64. The van der Waals surface area contributed by atoms with Crippen molar-refractivity contribution in [3.8, 4) is 6.07 Å². The van der Waals surface area contributed by atoms with E-state index in [2.05, 4.69) is 36.2 Å². The normalized spacial score (nSPS) is 18.9. The maximum absolute atomic E-state index is 14.1. The molecule has 8 nitrogen and oxygen atoms in total. The Kier molecular flexibility index (Phi) is 8.24. The molecule has 0 bridgehead atoms. The number of hydrogen-bond donors (Lipinski definition) is 1. The number of imide groups is 1. The monoisotopic (exact) mass is 589 g/mol. The second-order valence-electron chi connectivity index (χ2n) is 12.4. The predicted molar refractivity (Wildman–Crippen MR) is 170 cm³/mol. The van der Waals surface area contributed by atoms with Gasteiger partial charge in [-0.05, 0) is 92.5 Å². The lowest BCUT2D eigenvalue weighted by Gasteiger charge is -2.36. The Hall–Kier alpha value is -4.48. The molecule has 1 atom stereocenters. The van der Waals surface area contributed by atoms with Crippen molar-refractivity contribution in [2.24, 2.45) is 5.92 Å². The Morgan fingerprint density at radius 2 is 1.59 bits per heavy atom. The zero-order chi connectivity index (χ0) is 31.0. The van der Waals surface area contributed by atoms with E-state index in [4.69, 9.17) is 0 Å². The highest BCUT2D eigenvalue weighted by Gasteiger charge is 2.38. The SMILES string of the molecule is Cc1cc(C)c(C(=O)N2CCNC(CN3C(=O)c4ccccc4C3=O)C2)c(C)c1CC1CCN(c2ccccc2C#N)CC1. The first-order chi connectivity index (χ1) is 21.3. The number of nitrogens with one attached hydrogen (secondary N) is 1. The zero-order valence-corrected chi connectivity index (χ0v) is 25.7. The number of piperidine rings is 1. The highest BCUT2D eigenvalue weighted by molar-refractivity contribution is 6.21. The van der Waals surface area contributed by atoms with Crippen molar-refractivity contribution in [1.29, 1.82) is 5.26 Å². The molecule has 3 aliphatic rings. The molecule has 3 aromatic carbocycles. The summed E-state index contributed by atoms with van der Waals surface area (Å²) in [6.45, 7) is 9.89. The minimum atomic E-state index is -0.272. The Balaban J connectivity index is 1.13. The van der Waals surface area contributed by atoms with E-state index in [0.29, 0.717) is 36.7 Å². The largest absolute Gasteiger partial charge is 0.370 e. The lowest BCUT2D eigenvalue weighted by molar-refractivity contribution is 0.0592. The molecule has 0 spiro atoms. The van der Waals surface area contributed by atoms with Gasteiger partial charge < -0.3 is 15.1 Å². The molecule has 3 amide bonds. The van der Waals surface area contributed by atoms with E-state index < -0.39 is 0 Å². The highest BCUT2D eigenvalue weighted by Crippen LogP contribution is 2.32. The zero-order valence-electron chi connectivity index (χ0n) is 25.7. The lowest BCUT2D eigenvalue weighted by atomic mass is 9.83. The smallest absolute Gasteiger partial charge is 0.261 e. The third kappa shape index (κ3) is 5.48. The topological polar surface area (TPSA) is 96.8 Å². The lowest BCUT2D eigenvalue weighted by Crippen LogP contribution is -2.57. The maximum atomic E-state index is 14.1. The van der Waals surface area contributed by atoms with E-state index in [1.54, 1.807) is 24.3 Å². The first-order valence-electron chi connectivity index (χ1n) is 15.6. The van der Waals surface area contributed by atoms with Gasteiger partial charge in [0.2, 0.25) is 0 Å². The molecule has 3 aromatic rings. The van der Waals surface area contributed by atoms with Crippen LogP contribution >= 0.6 is 0 Å². The van der Waals surface area contributed by atoms with Crippen LogP contribution in [-0.4, -0.2) is 72.8 Å². The van der Waals surface area contributed by atoms with Gasteiger partial charge in [-0.2, -0.15) is 5.26 Å². The molecule has 0 aromatic heterocycles. The number of hydrogen-bond acceptors (Lipinski definition) is 6. The van der Waals surface area contributed by atoms with Crippen molar-refractivity contribution in [2.45, 2.75) is 46.1 Å². The van der Waals surface area contributed by atoms with Gasteiger partial charge >= 0.3 is 0 Å². The molecule has 0 radical (unpaired) electrons. The molecule has 1 unspecified atom stereocenters. The van der Waals surface area contributed by atoms with Crippen molar-refractivity contribution < 1.29 is 14.4 Å². The molecule has 226 valence electrons. The van der Waals surface area contributed by atoms with Gasteiger partial charge in [0, 0.05) is 50.9 Å². The molecule has 3 heterocycles. The van der Waals surface area contributed by atoms with Crippen LogP contribution in [0.25, 0.3) is 0 Å². The van der Waals surface area contributed by atoms with Gasteiger partial charge in [0.1, 0.15) is 6.07 Å². The Labute approximate surface area is 259 Å². The van der Waals surface area contributed by atoms with Gasteiger partial charge in [-0.25, -0.2) is 0 Å². The molecule has 1 N–H and O–H groups in total. The van der Waals surface area contributed by atoms with Crippen LogP contribution in [0.15, 0.2) is 54.6 Å². The first kappa shape index (κ1) is 29.6. The number of nitriles is 1. The van der Waals surface area contributed by atoms with Crippen LogP contribution in [0.5, 0.6) is 0 Å². The number of benzene rings is 3. The van der Waals surface area contributed by atoms with Crippen LogP contribution < -0.4 is 10.2 Å². The summed E-state index contributed by atoms with van der Waals surface area (Å²) < 4.78 is 0. The Morgan fingerprint density at radius 1 is 0.932 bits per heavy atom. The van der Waals surface area contributed by atoms with Crippen molar-refractivity contribution in [2.75, 3.05) is 44.2 Å². The minimum absolute atomic E-state index is 0.0121. The molecule has 3 aliphatic heterocycles. The van der Waals surface area contributed by atoms with E-state index >= 15 is 0 Å². The Morgan fingerprint density at radius 3 is 2.27 bits per heavy atom. The van der Waals surface area contributed by atoms with Crippen LogP contribution in [0.1, 0.15) is 71.7 Å². The van der Waals surface area contributed by atoms with Crippen molar-refractivity contribution in [3.05, 3.63) is 99.1 Å². The van der Waals surface area contributed by atoms with Gasteiger partial charge in [-0.3, -0.25) is 19.3 Å². The molecule has 44 heavy (non-hydrogen) atoms. The average molecular weight is 590 g/mol. The minimum Gasteiger partial charge on any atom is -0.370 e. The van der Waals surface area contributed by atoms with E-state index in [-0.39, 0.29) is 30.3 Å². The Bertz CT molecular complexity index is 1630. The predicted octanol–water partition coefficient (Wildman–Crippen LogP) is 4.65. The van der Waals surface area contributed by atoms with E-state index in [9.17, 15) is 19.6 Å². The number of carbonyl (C=O) groups excluding carboxylic acids is 3. The fourth-order valence-electron chi connectivity index (χ4n) is 7.30. The van der Waals surface area contributed by atoms with E-state index in [1.807, 2.05) is 36.1 Å². The first-order valence-corrected chi connectivity index (χ1v) is 15.6. The number of piperazine rings is 1. The molecule has 6 rings (SSSR count). The fourth-order valence-corrected chi connectivity index (χ4v) is 7.30. The summed E-state index contributed by atoms with van der Waals surface area (Å²) in [5.41, 5.74) is 7.90. The van der Waals surface area contributed by atoms with E-state index in [0.717, 1.165) is 60.3 Å². The second kappa shape index (κ2) is 12.3. The molecular formula is C36H39N5O3. The number of anilines is 1. The molecule has 0 saturated carbocycles. The standard InChI is InChI=1S/C36H39N5O3/c1-23-18-24(2)33(25(3)31(23)19-26-12-15-39(16-13-26)32-11-7-4-8-27(32)20-37)36(44)40-17-14-38-28(21-40)22-41-34(42)29-9-5-6-10-30(29)35(41)43/h4-11,18,26,28,38H,12-17,19,21-22H2,1-3H3. The number of rotatable bonds is 6. The summed E-state index contributed by atoms with van der Waals surface area (Å²) >= 11 is 0. The molecule has 8 heteroatoms. The number of fused-ring (bicyclic) bond motifs is 1. The second-order valence-corrected chi connectivity index (χ2v) is 12.4.